The van der Waals surface area contributed by atoms with Crippen molar-refractivity contribution in [1.29, 1.82) is 0 Å². The number of ketones is 1. The molecule has 1 aliphatic rings. The van der Waals surface area contributed by atoms with Gasteiger partial charge in [0.25, 0.3) is 0 Å². The van der Waals surface area contributed by atoms with E-state index in [1.54, 1.807) is 0 Å². The second-order valence-electron chi connectivity index (χ2n) is 6.35. The maximum Gasteiger partial charge on any atom is 0.177 e. The number of rotatable bonds is 7. The van der Waals surface area contributed by atoms with Crippen molar-refractivity contribution >= 4 is 5.78 Å². The van der Waals surface area contributed by atoms with Gasteiger partial charge in [-0.2, -0.15) is 0 Å². The number of nitrogens with zero attached hydrogens (tertiary/aromatic N) is 1. The molecule has 0 atom stereocenters. The smallest absolute Gasteiger partial charge is 0.177 e. The Kier molecular flexibility index (Phi) is 4.98. The van der Waals surface area contributed by atoms with Crippen LogP contribution in [0.3, 0.4) is 0 Å². The number of carbonyl (C=O) groups excluding carboxylic acids is 1. The zero-order valence-corrected chi connectivity index (χ0v) is 13.3. The van der Waals surface area contributed by atoms with Gasteiger partial charge in [-0.05, 0) is 75.3 Å². The van der Waals surface area contributed by atoms with E-state index in [1.807, 2.05) is 6.92 Å². The molecule has 0 spiro atoms. The molecule has 1 aromatic rings. The third kappa shape index (κ3) is 3.92. The lowest BCUT2D eigenvalue weighted by Crippen LogP contribution is -2.32. The van der Waals surface area contributed by atoms with E-state index in [2.05, 4.69) is 37.8 Å². The van der Waals surface area contributed by atoms with Gasteiger partial charge in [0.1, 0.15) is 0 Å². The first-order valence-electron chi connectivity index (χ1n) is 7.84. The molecule has 110 valence electrons. The minimum Gasteiger partial charge on any atom is -0.296 e. The van der Waals surface area contributed by atoms with E-state index >= 15 is 0 Å². The van der Waals surface area contributed by atoms with Crippen LogP contribution in [0.5, 0.6) is 0 Å². The zero-order chi connectivity index (χ0) is 14.7. The Morgan fingerprint density at radius 1 is 1.15 bits per heavy atom. The van der Waals surface area contributed by atoms with Gasteiger partial charge in [0.15, 0.2) is 5.78 Å². The summed E-state index contributed by atoms with van der Waals surface area (Å²) >= 11 is 0. The quantitative estimate of drug-likeness (QED) is 0.702. The van der Waals surface area contributed by atoms with Crippen LogP contribution in [0.2, 0.25) is 0 Å². The summed E-state index contributed by atoms with van der Waals surface area (Å²) in [6.07, 6.45) is 3.81. The number of Topliss-reactive ketones (excluding diaryl/α,β-unsaturated/α-hetero) is 1. The van der Waals surface area contributed by atoms with Crippen LogP contribution in [-0.4, -0.2) is 30.3 Å². The zero-order valence-electron chi connectivity index (χ0n) is 13.3. The lowest BCUT2D eigenvalue weighted by Gasteiger charge is -2.21. The monoisotopic (exact) mass is 273 g/mol. The number of benzene rings is 1. The van der Waals surface area contributed by atoms with Gasteiger partial charge in [-0.1, -0.05) is 13.0 Å². The molecule has 0 bridgehead atoms. The molecule has 0 N–H and O–H groups in total. The number of carbonyl (C=O) groups is 1. The highest BCUT2D eigenvalue weighted by molar-refractivity contribution is 5.99. The molecule has 0 aromatic heterocycles. The van der Waals surface area contributed by atoms with Crippen molar-refractivity contribution in [3.05, 3.63) is 34.4 Å². The van der Waals surface area contributed by atoms with E-state index in [-0.39, 0.29) is 5.78 Å². The Bertz CT molecular complexity index is 488. The summed E-state index contributed by atoms with van der Waals surface area (Å²) in [7, 11) is 0. The van der Waals surface area contributed by atoms with Crippen LogP contribution in [0.1, 0.15) is 53.2 Å². The van der Waals surface area contributed by atoms with Crippen LogP contribution < -0.4 is 0 Å². The Balaban J connectivity index is 2.07. The van der Waals surface area contributed by atoms with Crippen molar-refractivity contribution in [2.75, 3.05) is 19.6 Å². The standard InChI is InChI=1S/C18H27NO/c1-5-8-19(11-16-6-7-16)12-18(20)17-10-14(3)13(2)9-15(17)4/h9-10,16H,5-8,11-12H2,1-4H3. The second-order valence-corrected chi connectivity index (χ2v) is 6.35. The van der Waals surface area contributed by atoms with Crippen LogP contribution in [-0.2, 0) is 0 Å². The van der Waals surface area contributed by atoms with Crippen molar-refractivity contribution in [3.63, 3.8) is 0 Å². The maximum absolute atomic E-state index is 12.6. The fourth-order valence-electron chi connectivity index (χ4n) is 2.77. The number of hydrogen-bond acceptors (Lipinski definition) is 2. The molecule has 0 heterocycles. The minimum absolute atomic E-state index is 0.278. The lowest BCUT2D eigenvalue weighted by atomic mass is 9.98. The lowest BCUT2D eigenvalue weighted by molar-refractivity contribution is 0.0926. The maximum atomic E-state index is 12.6. The molecule has 2 nitrogen and oxygen atoms in total. The van der Waals surface area contributed by atoms with Crippen LogP contribution >= 0.6 is 0 Å². The number of hydrogen-bond donors (Lipinski definition) is 0. The summed E-state index contributed by atoms with van der Waals surface area (Å²) in [6, 6.07) is 4.20. The van der Waals surface area contributed by atoms with Crippen LogP contribution in [0.15, 0.2) is 12.1 Å². The summed E-state index contributed by atoms with van der Waals surface area (Å²) in [6.45, 7) is 11.1. The van der Waals surface area contributed by atoms with Gasteiger partial charge < -0.3 is 0 Å². The molecule has 0 amide bonds. The van der Waals surface area contributed by atoms with Crippen molar-refractivity contribution in [2.45, 2.75) is 47.0 Å². The van der Waals surface area contributed by atoms with Gasteiger partial charge in [-0.15, -0.1) is 0 Å². The summed E-state index contributed by atoms with van der Waals surface area (Å²) < 4.78 is 0. The first kappa shape index (κ1) is 15.2. The molecule has 2 heteroatoms. The van der Waals surface area contributed by atoms with Gasteiger partial charge in [-0.25, -0.2) is 0 Å². The third-order valence-electron chi connectivity index (χ3n) is 4.26. The van der Waals surface area contributed by atoms with Gasteiger partial charge in [0, 0.05) is 12.1 Å². The molecule has 0 aliphatic heterocycles. The average molecular weight is 273 g/mol. The minimum atomic E-state index is 0.278. The predicted molar refractivity (Wildman–Crippen MR) is 84.4 cm³/mol. The first-order chi connectivity index (χ1) is 9.51. The molecular formula is C18H27NO. The number of aryl methyl sites for hydroxylation is 3. The van der Waals surface area contributed by atoms with Gasteiger partial charge in [-0.3, -0.25) is 9.69 Å². The SMILES string of the molecule is CCCN(CC(=O)c1cc(C)c(C)cc1C)CC1CC1. The van der Waals surface area contributed by atoms with Crippen molar-refractivity contribution in [2.24, 2.45) is 5.92 Å². The average Bonchev–Trinajstić information content (AvgIpc) is 3.17. The van der Waals surface area contributed by atoms with Crippen LogP contribution in [0.4, 0.5) is 0 Å². The predicted octanol–water partition coefficient (Wildman–Crippen LogP) is 3.92. The van der Waals surface area contributed by atoms with Crippen molar-refractivity contribution in [1.82, 2.24) is 4.90 Å². The van der Waals surface area contributed by atoms with E-state index in [0.717, 1.165) is 36.6 Å². The summed E-state index contributed by atoms with van der Waals surface area (Å²) in [5, 5.41) is 0. The van der Waals surface area contributed by atoms with E-state index in [9.17, 15) is 4.79 Å². The molecule has 0 radical (unpaired) electrons. The molecule has 1 aliphatic carbocycles. The van der Waals surface area contributed by atoms with Gasteiger partial charge >= 0.3 is 0 Å². The molecule has 20 heavy (non-hydrogen) atoms. The molecule has 0 unspecified atom stereocenters. The normalized spacial score (nSPS) is 14.8. The van der Waals surface area contributed by atoms with E-state index < -0.39 is 0 Å². The summed E-state index contributed by atoms with van der Waals surface area (Å²) in [5.74, 6) is 1.12. The largest absolute Gasteiger partial charge is 0.296 e. The highest BCUT2D eigenvalue weighted by atomic mass is 16.1. The van der Waals surface area contributed by atoms with Crippen LogP contribution in [0.25, 0.3) is 0 Å². The fraction of sp³-hybridized carbons (Fsp3) is 0.611. The molecule has 1 aromatic carbocycles. The molecule has 1 saturated carbocycles. The van der Waals surface area contributed by atoms with Crippen molar-refractivity contribution < 1.29 is 4.79 Å². The highest BCUT2D eigenvalue weighted by Gasteiger charge is 2.25. The molecule has 2 rings (SSSR count). The second kappa shape index (κ2) is 6.53. The Labute approximate surface area is 123 Å². The Morgan fingerprint density at radius 3 is 2.40 bits per heavy atom. The molecular weight excluding hydrogens is 246 g/mol. The highest BCUT2D eigenvalue weighted by Crippen LogP contribution is 2.29. The third-order valence-corrected chi connectivity index (χ3v) is 4.26. The Hall–Kier alpha value is -1.15. The van der Waals surface area contributed by atoms with E-state index in [4.69, 9.17) is 0 Å². The van der Waals surface area contributed by atoms with Crippen molar-refractivity contribution in [3.8, 4) is 0 Å². The van der Waals surface area contributed by atoms with Gasteiger partial charge in [0.2, 0.25) is 0 Å². The fourth-order valence-corrected chi connectivity index (χ4v) is 2.77. The van der Waals surface area contributed by atoms with Gasteiger partial charge in [0.05, 0.1) is 6.54 Å². The topological polar surface area (TPSA) is 20.3 Å². The van der Waals surface area contributed by atoms with E-state index in [1.165, 1.54) is 24.0 Å². The van der Waals surface area contributed by atoms with Crippen LogP contribution in [0, 0.1) is 26.7 Å². The summed E-state index contributed by atoms with van der Waals surface area (Å²) in [4.78, 5) is 14.9. The summed E-state index contributed by atoms with van der Waals surface area (Å²) in [5.41, 5.74) is 4.50. The first-order valence-corrected chi connectivity index (χ1v) is 7.84. The van der Waals surface area contributed by atoms with E-state index in [0.29, 0.717) is 6.54 Å². The molecule has 1 fully saturated rings. The Morgan fingerprint density at radius 2 is 1.80 bits per heavy atom. The molecule has 0 saturated heterocycles.